The van der Waals surface area contributed by atoms with Gasteiger partial charge in [-0.3, -0.25) is 4.79 Å². The van der Waals surface area contributed by atoms with E-state index in [9.17, 15) is 13.2 Å². The second-order valence-corrected chi connectivity index (χ2v) is 8.09. The van der Waals surface area contributed by atoms with Gasteiger partial charge in [0.05, 0.1) is 6.04 Å². The van der Waals surface area contributed by atoms with Gasteiger partial charge in [-0.15, -0.1) is 23.7 Å². The molecule has 1 saturated heterocycles. The summed E-state index contributed by atoms with van der Waals surface area (Å²) >= 11 is 1.14. The molecule has 22 heavy (non-hydrogen) atoms. The minimum Gasteiger partial charge on any atom is -0.341 e. The van der Waals surface area contributed by atoms with Gasteiger partial charge < -0.3 is 10.2 Å². The van der Waals surface area contributed by atoms with E-state index in [4.69, 9.17) is 0 Å². The van der Waals surface area contributed by atoms with Crippen LogP contribution in [0.25, 0.3) is 0 Å². The van der Waals surface area contributed by atoms with Gasteiger partial charge in [-0.05, 0) is 44.3 Å². The number of hydrogen-bond acceptors (Lipinski definition) is 5. The highest BCUT2D eigenvalue weighted by Crippen LogP contribution is 2.17. The van der Waals surface area contributed by atoms with E-state index in [0.717, 1.165) is 37.3 Å². The van der Waals surface area contributed by atoms with Crippen LogP contribution in [0.4, 0.5) is 0 Å². The summed E-state index contributed by atoms with van der Waals surface area (Å²) in [6.45, 7) is 3.36. The molecule has 2 rings (SSSR count). The predicted molar refractivity (Wildman–Crippen MR) is 90.0 cm³/mol. The van der Waals surface area contributed by atoms with E-state index >= 15 is 0 Å². The maximum atomic E-state index is 12.4. The zero-order valence-electron chi connectivity index (χ0n) is 12.6. The van der Waals surface area contributed by atoms with E-state index in [2.05, 4.69) is 10.0 Å². The van der Waals surface area contributed by atoms with Crippen molar-refractivity contribution in [3.05, 3.63) is 17.5 Å². The molecule has 1 aliphatic rings. The van der Waals surface area contributed by atoms with Gasteiger partial charge in [0.1, 0.15) is 4.21 Å². The lowest BCUT2D eigenvalue weighted by Gasteiger charge is -2.33. The van der Waals surface area contributed by atoms with Crippen LogP contribution in [0.15, 0.2) is 21.7 Å². The molecule has 126 valence electrons. The number of carbonyl (C=O) groups excluding carboxylic acids is 1. The molecule has 0 bridgehead atoms. The van der Waals surface area contributed by atoms with Crippen molar-refractivity contribution in [3.63, 3.8) is 0 Å². The number of carbonyl (C=O) groups is 1. The van der Waals surface area contributed by atoms with Crippen LogP contribution in [0.3, 0.4) is 0 Å². The number of hydrogen-bond donors (Lipinski definition) is 2. The monoisotopic (exact) mass is 367 g/mol. The van der Waals surface area contributed by atoms with Gasteiger partial charge in [0, 0.05) is 13.1 Å². The Morgan fingerprint density at radius 3 is 2.64 bits per heavy atom. The van der Waals surface area contributed by atoms with Crippen molar-refractivity contribution < 1.29 is 13.2 Å². The third-order valence-corrected chi connectivity index (χ3v) is 6.60. The molecule has 1 aromatic rings. The Kier molecular flexibility index (Phi) is 7.27. The fourth-order valence-electron chi connectivity index (χ4n) is 2.44. The van der Waals surface area contributed by atoms with Gasteiger partial charge in [-0.2, -0.15) is 4.72 Å². The molecule has 0 saturated carbocycles. The quantitative estimate of drug-likeness (QED) is 0.815. The fraction of sp³-hybridized carbons (Fsp3) is 0.615. The Morgan fingerprint density at radius 2 is 2.09 bits per heavy atom. The number of amides is 1. The Labute approximate surface area is 141 Å². The molecule has 1 atom stereocenters. The molecule has 9 heteroatoms. The number of rotatable bonds is 5. The summed E-state index contributed by atoms with van der Waals surface area (Å²) in [6.07, 6.45) is 1.79. The lowest BCUT2D eigenvalue weighted by atomic mass is 10.0. The van der Waals surface area contributed by atoms with E-state index in [1.54, 1.807) is 30.3 Å². The molecule has 0 aliphatic carbocycles. The Morgan fingerprint density at radius 1 is 1.45 bits per heavy atom. The number of thiophene rings is 1. The number of nitrogens with one attached hydrogen (secondary N) is 2. The molecule has 1 unspecified atom stereocenters. The lowest BCUT2D eigenvalue weighted by molar-refractivity contribution is -0.133. The average molecular weight is 368 g/mol. The first kappa shape index (κ1) is 19.4. The molecular formula is C13H22ClN3O3S2. The Bertz CT molecular complexity index is 571. The third kappa shape index (κ3) is 4.66. The molecule has 6 nitrogen and oxygen atoms in total. The largest absolute Gasteiger partial charge is 0.341 e. The van der Waals surface area contributed by atoms with Crippen molar-refractivity contribution in [1.82, 2.24) is 14.9 Å². The van der Waals surface area contributed by atoms with E-state index in [-0.39, 0.29) is 28.6 Å². The number of sulfonamides is 1. The summed E-state index contributed by atoms with van der Waals surface area (Å²) in [5.41, 5.74) is 0. The van der Waals surface area contributed by atoms with Crippen LogP contribution < -0.4 is 10.0 Å². The number of likely N-dealkylation sites (N-methyl/N-ethyl adjacent to an activating group) is 1. The van der Waals surface area contributed by atoms with Gasteiger partial charge in [-0.25, -0.2) is 8.42 Å². The van der Waals surface area contributed by atoms with Crippen LogP contribution >= 0.6 is 23.7 Å². The van der Waals surface area contributed by atoms with E-state index in [1.165, 1.54) is 6.07 Å². The number of piperidine rings is 1. The number of nitrogens with zero attached hydrogens (tertiary/aromatic N) is 1. The second kappa shape index (κ2) is 8.26. The van der Waals surface area contributed by atoms with Gasteiger partial charge in [0.2, 0.25) is 5.91 Å². The topological polar surface area (TPSA) is 78.5 Å². The highest BCUT2D eigenvalue weighted by molar-refractivity contribution is 7.91. The summed E-state index contributed by atoms with van der Waals surface area (Å²) in [5.74, 6) is -0.193. The molecule has 1 fully saturated rings. The van der Waals surface area contributed by atoms with Crippen LogP contribution in [-0.4, -0.2) is 51.4 Å². The summed E-state index contributed by atoms with van der Waals surface area (Å²) in [6, 6.07) is 2.61. The highest BCUT2D eigenvalue weighted by atomic mass is 35.5. The van der Waals surface area contributed by atoms with Crippen molar-refractivity contribution >= 4 is 39.7 Å². The van der Waals surface area contributed by atoms with E-state index in [0.29, 0.717) is 0 Å². The van der Waals surface area contributed by atoms with Crippen LogP contribution in [0.1, 0.15) is 19.8 Å². The molecular weight excluding hydrogens is 346 g/mol. The van der Waals surface area contributed by atoms with E-state index < -0.39 is 16.1 Å². The van der Waals surface area contributed by atoms with Crippen molar-refractivity contribution in [2.45, 2.75) is 36.1 Å². The normalized spacial score (nSPS) is 17.5. The number of halogens is 1. The molecule has 2 heterocycles. The maximum Gasteiger partial charge on any atom is 0.250 e. The van der Waals surface area contributed by atoms with Crippen LogP contribution in [0.2, 0.25) is 0 Å². The van der Waals surface area contributed by atoms with Crippen molar-refractivity contribution in [2.75, 3.05) is 20.1 Å². The van der Waals surface area contributed by atoms with Crippen molar-refractivity contribution in [1.29, 1.82) is 0 Å². The summed E-state index contributed by atoms with van der Waals surface area (Å²) in [4.78, 5) is 14.0. The molecule has 1 amide bonds. The Hall–Kier alpha value is -0.670. The first-order chi connectivity index (χ1) is 9.92. The van der Waals surface area contributed by atoms with Crippen LogP contribution in [0.5, 0.6) is 0 Å². The van der Waals surface area contributed by atoms with Crippen molar-refractivity contribution in [3.8, 4) is 0 Å². The first-order valence-corrected chi connectivity index (χ1v) is 9.31. The SMILES string of the molecule is CC(NS(=O)(=O)c1cccs1)C(=O)N(C)C1CCNCC1.Cl. The molecule has 0 spiro atoms. The zero-order chi connectivity index (χ0) is 15.5. The lowest BCUT2D eigenvalue weighted by Crippen LogP contribution is -2.51. The van der Waals surface area contributed by atoms with Crippen molar-refractivity contribution in [2.24, 2.45) is 0 Å². The van der Waals surface area contributed by atoms with E-state index in [1.807, 2.05) is 0 Å². The Balaban J connectivity index is 0.00000242. The van der Waals surface area contributed by atoms with Gasteiger partial charge >= 0.3 is 0 Å². The average Bonchev–Trinajstić information content (AvgIpc) is 3.01. The molecule has 1 aromatic heterocycles. The summed E-state index contributed by atoms with van der Waals surface area (Å²) in [5, 5.41) is 4.94. The van der Waals surface area contributed by atoms with Gasteiger partial charge in [0.15, 0.2) is 0 Å². The summed E-state index contributed by atoms with van der Waals surface area (Å²) < 4.78 is 26.9. The molecule has 1 aliphatic heterocycles. The molecule has 0 radical (unpaired) electrons. The maximum absolute atomic E-state index is 12.4. The zero-order valence-corrected chi connectivity index (χ0v) is 15.1. The minimum absolute atomic E-state index is 0. The third-order valence-electron chi connectivity index (χ3n) is 3.67. The molecule has 2 N–H and O–H groups in total. The highest BCUT2D eigenvalue weighted by Gasteiger charge is 2.28. The summed E-state index contributed by atoms with van der Waals surface area (Å²) in [7, 11) is -1.87. The van der Waals surface area contributed by atoms with Gasteiger partial charge in [0.25, 0.3) is 10.0 Å². The first-order valence-electron chi connectivity index (χ1n) is 6.95. The minimum atomic E-state index is -3.62. The molecule has 0 aromatic carbocycles. The fourth-order valence-corrected chi connectivity index (χ4v) is 4.64. The standard InChI is InChI=1S/C13H21N3O3S2.ClH/c1-10(15-21(18,19)12-4-3-9-20-12)13(17)16(2)11-5-7-14-8-6-11;/h3-4,9-11,14-15H,5-8H2,1-2H3;1H. The van der Waals surface area contributed by atoms with Crippen LogP contribution in [-0.2, 0) is 14.8 Å². The second-order valence-electron chi connectivity index (χ2n) is 5.21. The van der Waals surface area contributed by atoms with Crippen LogP contribution in [0, 0.1) is 0 Å². The smallest absolute Gasteiger partial charge is 0.250 e. The van der Waals surface area contributed by atoms with Gasteiger partial charge in [-0.1, -0.05) is 6.07 Å². The predicted octanol–water partition coefficient (Wildman–Crippen LogP) is 1.05.